The molecule has 1 rings (SSSR count). The van der Waals surface area contributed by atoms with E-state index in [0.29, 0.717) is 6.42 Å². The molecule has 0 heterocycles. The van der Waals surface area contributed by atoms with E-state index in [0.717, 1.165) is 0 Å². The van der Waals surface area contributed by atoms with Gasteiger partial charge in [-0.15, -0.1) is 0 Å². The number of methoxy groups -OCH3 is 1. The molecule has 0 spiro atoms. The Morgan fingerprint density at radius 1 is 1.44 bits per heavy atom. The van der Waals surface area contributed by atoms with E-state index in [1.807, 2.05) is 19.1 Å². The summed E-state index contributed by atoms with van der Waals surface area (Å²) < 4.78 is 4.77. The van der Waals surface area contributed by atoms with Crippen LogP contribution in [0.2, 0.25) is 0 Å². The average Bonchev–Trinajstić information content (AvgIpc) is 2.24. The fourth-order valence-corrected chi connectivity index (χ4v) is 2.35. The number of carboxylic acids is 1. The molecule has 0 fully saturated rings. The molecule has 0 aromatic heterocycles. The zero-order valence-electron chi connectivity index (χ0n) is 10.1. The van der Waals surface area contributed by atoms with Crippen molar-refractivity contribution < 1.29 is 19.4 Å². The number of aliphatic carboxylic acids is 1. The molecule has 90 valence electrons. The van der Waals surface area contributed by atoms with Gasteiger partial charge in [-0.25, -0.2) is 0 Å². The second-order valence-electron chi connectivity index (χ2n) is 4.75. The zero-order valence-corrected chi connectivity index (χ0v) is 10.1. The van der Waals surface area contributed by atoms with Gasteiger partial charge in [-0.1, -0.05) is 19.1 Å². The Morgan fingerprint density at radius 2 is 2.00 bits per heavy atom. The summed E-state index contributed by atoms with van der Waals surface area (Å²) in [6, 6.07) is 0. The van der Waals surface area contributed by atoms with Crippen molar-refractivity contribution in [3.05, 3.63) is 12.2 Å². The zero-order chi connectivity index (χ0) is 12.6. The Hall–Kier alpha value is -1.32. The van der Waals surface area contributed by atoms with Crippen LogP contribution < -0.4 is 0 Å². The highest BCUT2D eigenvalue weighted by Gasteiger charge is 2.59. The Balaban J connectivity index is 3.33. The summed E-state index contributed by atoms with van der Waals surface area (Å²) in [4.78, 5) is 23.3. The summed E-state index contributed by atoms with van der Waals surface area (Å²) in [7, 11) is 1.29. The smallest absolute Gasteiger partial charge is 0.313 e. The summed E-state index contributed by atoms with van der Waals surface area (Å²) in [6.45, 7) is 5.11. The van der Waals surface area contributed by atoms with Crippen molar-refractivity contribution in [3.8, 4) is 0 Å². The van der Waals surface area contributed by atoms with Gasteiger partial charge < -0.3 is 9.84 Å². The number of allylic oxidation sites excluding steroid dienone is 2. The van der Waals surface area contributed by atoms with Gasteiger partial charge in [0, 0.05) is 0 Å². The van der Waals surface area contributed by atoms with Gasteiger partial charge in [-0.05, 0) is 26.2 Å². The predicted octanol–water partition coefficient (Wildman–Crippen LogP) is 1.85. The van der Waals surface area contributed by atoms with Crippen molar-refractivity contribution in [2.45, 2.75) is 27.2 Å². The van der Waals surface area contributed by atoms with Crippen molar-refractivity contribution in [2.75, 3.05) is 7.11 Å². The third-order valence-electron chi connectivity index (χ3n) is 4.09. The van der Waals surface area contributed by atoms with Crippen LogP contribution in [0.15, 0.2) is 12.2 Å². The van der Waals surface area contributed by atoms with Crippen molar-refractivity contribution in [2.24, 2.45) is 16.7 Å². The first-order chi connectivity index (χ1) is 7.30. The molecule has 0 saturated carbocycles. The molecule has 16 heavy (non-hydrogen) atoms. The van der Waals surface area contributed by atoms with Gasteiger partial charge in [0.15, 0.2) is 0 Å². The van der Waals surface area contributed by atoms with Gasteiger partial charge in [0.25, 0.3) is 0 Å². The minimum absolute atomic E-state index is 0.158. The number of ether oxygens (including phenoxy) is 1. The Bertz CT molecular complexity index is 347. The molecule has 0 aromatic rings. The Labute approximate surface area is 95.3 Å². The first-order valence-corrected chi connectivity index (χ1v) is 5.29. The molecule has 0 unspecified atom stereocenters. The lowest BCUT2D eigenvalue weighted by atomic mass is 9.55. The fourth-order valence-electron chi connectivity index (χ4n) is 2.35. The van der Waals surface area contributed by atoms with Crippen LogP contribution in [0.25, 0.3) is 0 Å². The van der Waals surface area contributed by atoms with Gasteiger partial charge in [0.2, 0.25) is 0 Å². The molecular formula is C12H18O4. The standard InChI is InChI=1S/C12H18O4/c1-8-6-5-7-11(2,9(13)14)12(8,3)10(15)16-4/h5-6,8H,7H2,1-4H3,(H,13,14)/t8-,11-,12+/m1/s1. The summed E-state index contributed by atoms with van der Waals surface area (Å²) in [5, 5.41) is 9.35. The van der Waals surface area contributed by atoms with Crippen LogP contribution in [-0.2, 0) is 14.3 Å². The van der Waals surface area contributed by atoms with Crippen molar-refractivity contribution in [3.63, 3.8) is 0 Å². The van der Waals surface area contributed by atoms with E-state index in [9.17, 15) is 14.7 Å². The van der Waals surface area contributed by atoms with E-state index in [1.165, 1.54) is 7.11 Å². The summed E-state index contributed by atoms with van der Waals surface area (Å²) in [5.74, 6) is -1.58. The van der Waals surface area contributed by atoms with Gasteiger partial charge in [-0.3, -0.25) is 9.59 Å². The van der Waals surface area contributed by atoms with Gasteiger partial charge >= 0.3 is 11.9 Å². The minimum Gasteiger partial charge on any atom is -0.481 e. The number of carbonyl (C=O) groups is 2. The maximum absolute atomic E-state index is 11.9. The van der Waals surface area contributed by atoms with Crippen LogP contribution in [0.1, 0.15) is 27.2 Å². The molecule has 0 radical (unpaired) electrons. The second kappa shape index (κ2) is 3.92. The summed E-state index contributed by atoms with van der Waals surface area (Å²) in [5.41, 5.74) is -2.14. The number of esters is 1. The van der Waals surface area contributed by atoms with E-state index in [4.69, 9.17) is 4.74 Å². The molecule has 3 atom stereocenters. The van der Waals surface area contributed by atoms with Crippen molar-refractivity contribution in [1.29, 1.82) is 0 Å². The molecule has 0 amide bonds. The van der Waals surface area contributed by atoms with Gasteiger partial charge in [0.1, 0.15) is 0 Å². The van der Waals surface area contributed by atoms with E-state index in [1.54, 1.807) is 13.8 Å². The van der Waals surface area contributed by atoms with Crippen LogP contribution in [-0.4, -0.2) is 24.2 Å². The first-order valence-electron chi connectivity index (χ1n) is 5.29. The summed E-state index contributed by atoms with van der Waals surface area (Å²) >= 11 is 0. The normalized spacial score (nSPS) is 38.1. The van der Waals surface area contributed by atoms with E-state index in [2.05, 4.69) is 0 Å². The molecule has 4 nitrogen and oxygen atoms in total. The third-order valence-corrected chi connectivity index (χ3v) is 4.09. The fraction of sp³-hybridized carbons (Fsp3) is 0.667. The molecule has 1 aliphatic rings. The molecule has 0 bridgehead atoms. The topological polar surface area (TPSA) is 63.6 Å². The van der Waals surface area contributed by atoms with E-state index < -0.39 is 22.8 Å². The monoisotopic (exact) mass is 226 g/mol. The van der Waals surface area contributed by atoms with Crippen LogP contribution >= 0.6 is 0 Å². The predicted molar refractivity (Wildman–Crippen MR) is 58.8 cm³/mol. The Kier molecular flexibility index (Phi) is 3.13. The van der Waals surface area contributed by atoms with Crippen LogP contribution in [0.5, 0.6) is 0 Å². The van der Waals surface area contributed by atoms with Crippen LogP contribution in [0.3, 0.4) is 0 Å². The van der Waals surface area contributed by atoms with Crippen LogP contribution in [0, 0.1) is 16.7 Å². The summed E-state index contributed by atoms with van der Waals surface area (Å²) in [6.07, 6.45) is 4.04. The highest BCUT2D eigenvalue weighted by Crippen LogP contribution is 2.51. The lowest BCUT2D eigenvalue weighted by Gasteiger charge is -2.46. The maximum Gasteiger partial charge on any atom is 0.313 e. The largest absolute Gasteiger partial charge is 0.481 e. The second-order valence-corrected chi connectivity index (χ2v) is 4.75. The number of rotatable bonds is 2. The molecule has 0 aliphatic heterocycles. The van der Waals surface area contributed by atoms with Gasteiger partial charge in [-0.2, -0.15) is 0 Å². The highest BCUT2D eigenvalue weighted by atomic mass is 16.5. The van der Waals surface area contributed by atoms with E-state index >= 15 is 0 Å². The maximum atomic E-state index is 11.9. The number of carboxylic acid groups (broad SMARTS) is 1. The molecule has 1 aliphatic carbocycles. The first kappa shape index (κ1) is 12.7. The number of hydrogen-bond acceptors (Lipinski definition) is 3. The highest BCUT2D eigenvalue weighted by molar-refractivity contribution is 5.88. The molecule has 1 N–H and O–H groups in total. The number of hydrogen-bond donors (Lipinski definition) is 1. The lowest BCUT2D eigenvalue weighted by molar-refractivity contribution is -0.177. The van der Waals surface area contributed by atoms with E-state index in [-0.39, 0.29) is 5.92 Å². The molecule has 4 heteroatoms. The van der Waals surface area contributed by atoms with Crippen molar-refractivity contribution in [1.82, 2.24) is 0 Å². The lowest BCUT2D eigenvalue weighted by Crippen LogP contribution is -2.54. The molecular weight excluding hydrogens is 208 g/mol. The van der Waals surface area contributed by atoms with Crippen molar-refractivity contribution >= 4 is 11.9 Å². The SMILES string of the molecule is COC(=O)[C@]1(C)[C@H](C)C=CC[C@]1(C)C(=O)O. The Morgan fingerprint density at radius 3 is 2.44 bits per heavy atom. The third kappa shape index (κ3) is 1.44. The average molecular weight is 226 g/mol. The minimum atomic E-state index is -1.12. The van der Waals surface area contributed by atoms with Crippen LogP contribution in [0.4, 0.5) is 0 Å². The van der Waals surface area contributed by atoms with Gasteiger partial charge in [0.05, 0.1) is 17.9 Å². The molecule has 0 aromatic carbocycles. The number of carbonyl (C=O) groups excluding carboxylic acids is 1. The quantitative estimate of drug-likeness (QED) is 0.576. The molecule has 0 saturated heterocycles.